The molecule has 0 heterocycles. The number of carboxylic acid groups (broad SMARTS) is 3. The molecular weight excluding hydrogens is 1400 g/mol. The van der Waals surface area contributed by atoms with Gasteiger partial charge in [-0.25, -0.2) is 4.79 Å². The van der Waals surface area contributed by atoms with E-state index in [1.165, 1.54) is 24.3 Å². The van der Waals surface area contributed by atoms with Crippen molar-refractivity contribution in [1.82, 2.24) is 74.4 Å². The number of hydrogen-bond donors (Lipinski definition) is 22. The van der Waals surface area contributed by atoms with E-state index in [4.69, 9.17) is 11.5 Å². The number of primary amides is 1. The molecule has 0 fully saturated rings. The Kier molecular flexibility index (Phi) is 40.1. The molecule has 0 saturated heterocycles. The molecule has 15 atom stereocenters. The van der Waals surface area contributed by atoms with E-state index >= 15 is 0 Å². The molecule has 24 N–H and O–H groups in total. The third-order valence-electron chi connectivity index (χ3n) is 16.1. The van der Waals surface area contributed by atoms with Gasteiger partial charge in [-0.05, 0) is 80.9 Å². The number of hydrogen-bond acceptors (Lipinski definition) is 22. The molecule has 40 nitrogen and oxygen atoms in total. The largest absolute Gasteiger partial charge is 0.508 e. The smallest absolute Gasteiger partial charge is 0.326 e. The number of phenolic OH excluding ortho intramolecular Hbond substituents is 1. The van der Waals surface area contributed by atoms with Crippen LogP contribution in [-0.2, 0) is 92.7 Å². The van der Waals surface area contributed by atoms with Gasteiger partial charge in [-0.1, -0.05) is 87.8 Å². The molecule has 1 rings (SSSR count). The van der Waals surface area contributed by atoms with E-state index in [1.54, 1.807) is 69.2 Å². The Morgan fingerprint density at radius 1 is 0.406 bits per heavy atom. The monoisotopic (exact) mass is 1510 g/mol. The van der Waals surface area contributed by atoms with Gasteiger partial charge in [0.25, 0.3) is 0 Å². The summed E-state index contributed by atoms with van der Waals surface area (Å²) in [7, 11) is 0. The average Bonchev–Trinajstić information content (AvgIpc) is 0.864. The highest BCUT2D eigenvalue weighted by atomic mass is 16.4. The van der Waals surface area contributed by atoms with Crippen LogP contribution >= 0.6 is 0 Å². The molecule has 0 unspecified atom stereocenters. The van der Waals surface area contributed by atoms with Crippen LogP contribution in [0.15, 0.2) is 24.3 Å². The van der Waals surface area contributed by atoms with Crippen LogP contribution in [0.2, 0.25) is 0 Å². The van der Waals surface area contributed by atoms with E-state index in [2.05, 4.69) is 74.4 Å². The lowest BCUT2D eigenvalue weighted by Crippen LogP contribution is -2.62. The predicted octanol–water partition coefficient (Wildman–Crippen LogP) is -6.92. The first-order chi connectivity index (χ1) is 49.2. The highest BCUT2D eigenvalue weighted by Gasteiger charge is 2.38. The molecule has 0 aliphatic heterocycles. The summed E-state index contributed by atoms with van der Waals surface area (Å²) in [6, 6.07) is -15.6. The van der Waals surface area contributed by atoms with Crippen molar-refractivity contribution in [3.8, 4) is 5.75 Å². The zero-order valence-electron chi connectivity index (χ0n) is 61.5. The van der Waals surface area contributed by atoms with Crippen molar-refractivity contribution < 1.29 is 117 Å². The van der Waals surface area contributed by atoms with Gasteiger partial charge in [0.1, 0.15) is 78.3 Å². The maximum Gasteiger partial charge on any atom is 0.326 e. The number of nitrogens with two attached hydrogens (primary N) is 2. The molecule has 40 heteroatoms. The quantitative estimate of drug-likeness (QED) is 0.0288. The Bertz CT molecular complexity index is 3280. The predicted molar refractivity (Wildman–Crippen MR) is 373 cm³/mol. The Hall–Kier alpha value is -10.6. The second-order valence-corrected chi connectivity index (χ2v) is 27.1. The first kappa shape index (κ1) is 93.4. The van der Waals surface area contributed by atoms with Crippen LogP contribution in [0.4, 0.5) is 0 Å². The van der Waals surface area contributed by atoms with Crippen molar-refractivity contribution in [2.24, 2.45) is 41.1 Å². The Morgan fingerprint density at radius 2 is 0.783 bits per heavy atom. The molecule has 0 spiro atoms. The highest BCUT2D eigenvalue weighted by molar-refractivity contribution is 6.01. The van der Waals surface area contributed by atoms with Gasteiger partial charge in [-0.2, -0.15) is 0 Å². The van der Waals surface area contributed by atoms with E-state index < -0.39 is 260 Å². The number of amides is 15. The standard InChI is InChI=1S/C66H106N16O24/c1-14-32(10)52(66(105)106)81-64(103)51(31(8)9)80-47(88)26-70-57(96)42(23-48(89)90)74-55(94)34(12)71-54(93)33(11)72-58(97)38(19-28(2)3)75-60(99)43(24-49(91)92)73-46(87)25-69-56(95)40(21-36-15-17-37(85)18-16-36)76-62(101)44(27-83)79-59(98)39(20-29(4)5)78-65(104)53(35(13)84)82-61(100)41(22-45(67)86)77-63(102)50(68)30(6)7/h15-18,28-35,38-44,50-53,83-85H,14,19-27,68H2,1-13H3,(H2,67,86)(H,69,95)(H,70,96)(H,71,93)(H,72,97)(H,73,87)(H,74,94)(H,75,99)(H,76,101)(H,77,102)(H,78,104)(H,79,98)(H,80,88)(H,81,103)(H,82,100)(H,89,90)(H,91,92)(H,105,106)/t32-,33-,34-,35+,38-,39-,40-,41-,42-,43-,44-,50-,51-,52-,53-/m0/s1. The van der Waals surface area contributed by atoms with E-state index in [0.29, 0.717) is 6.42 Å². The van der Waals surface area contributed by atoms with Crippen molar-refractivity contribution in [2.45, 2.75) is 220 Å². The third kappa shape index (κ3) is 33.9. The van der Waals surface area contributed by atoms with Crippen LogP contribution in [0.1, 0.15) is 134 Å². The minimum Gasteiger partial charge on any atom is -0.508 e. The molecule has 0 aliphatic rings. The minimum atomic E-state index is -1.96. The number of benzene rings is 1. The number of rotatable bonds is 47. The molecule has 1 aromatic rings. The van der Waals surface area contributed by atoms with Gasteiger partial charge < -0.3 is 117 Å². The number of carboxylic acids is 3. The molecule has 0 aromatic heterocycles. The lowest BCUT2D eigenvalue weighted by molar-refractivity contribution is -0.144. The zero-order chi connectivity index (χ0) is 81.3. The summed E-state index contributed by atoms with van der Waals surface area (Å²) in [6.45, 7) is 16.6. The molecule has 106 heavy (non-hydrogen) atoms. The summed E-state index contributed by atoms with van der Waals surface area (Å²) >= 11 is 0. The fourth-order valence-corrected chi connectivity index (χ4v) is 9.76. The second kappa shape index (κ2) is 45.6. The molecule has 0 bridgehead atoms. The van der Waals surface area contributed by atoms with Crippen molar-refractivity contribution in [3.63, 3.8) is 0 Å². The Morgan fingerprint density at radius 3 is 1.24 bits per heavy atom. The fourth-order valence-electron chi connectivity index (χ4n) is 9.76. The molecule has 0 saturated carbocycles. The maximum atomic E-state index is 13.9. The van der Waals surface area contributed by atoms with Crippen LogP contribution in [0.25, 0.3) is 0 Å². The van der Waals surface area contributed by atoms with Gasteiger partial charge >= 0.3 is 17.9 Å². The Labute approximate surface area is 611 Å². The van der Waals surface area contributed by atoms with Crippen molar-refractivity contribution in [1.29, 1.82) is 0 Å². The normalized spacial score (nSPS) is 15.4. The van der Waals surface area contributed by atoms with E-state index in [-0.39, 0.29) is 30.1 Å². The van der Waals surface area contributed by atoms with Crippen LogP contribution in [-0.4, -0.2) is 241 Å². The van der Waals surface area contributed by atoms with Crippen LogP contribution in [0.3, 0.4) is 0 Å². The molecule has 594 valence electrons. The topological polar surface area (TPSA) is 649 Å². The van der Waals surface area contributed by atoms with Gasteiger partial charge in [0, 0.05) is 6.42 Å². The Balaban J connectivity index is 3.29. The van der Waals surface area contributed by atoms with E-state index in [9.17, 15) is 117 Å². The van der Waals surface area contributed by atoms with Crippen molar-refractivity contribution in [2.75, 3.05) is 19.7 Å². The van der Waals surface area contributed by atoms with Gasteiger partial charge in [0.15, 0.2) is 0 Å². The number of phenols is 1. The van der Waals surface area contributed by atoms with Gasteiger partial charge in [-0.3, -0.25) is 81.5 Å². The summed E-state index contributed by atoms with van der Waals surface area (Å²) in [5.41, 5.74) is 11.5. The average molecular weight is 1510 g/mol. The molecular formula is C66H106N16O24. The molecule has 0 aliphatic carbocycles. The number of aromatic hydroxyl groups is 1. The number of aliphatic hydroxyl groups is 2. The SMILES string of the molecule is CC[C@H](C)[C@H](NC(=O)[C@@H](NC(=O)CNC(=O)[C@H](CC(=O)O)NC(=O)[C@H](C)NC(=O)[C@H](C)NC(=O)[C@H](CC(C)C)NC(=O)[C@H](CC(=O)O)NC(=O)CNC(=O)[C@H](Cc1ccc(O)cc1)NC(=O)[C@H](CO)NC(=O)[C@H](CC(C)C)NC(=O)[C@@H](NC(=O)[C@H](CC(N)=O)NC(=O)[C@@H](N)C(C)C)[C@@H](C)O)C(C)C)C(=O)O. The number of aliphatic carboxylic acids is 3. The maximum absolute atomic E-state index is 13.9. The third-order valence-corrected chi connectivity index (χ3v) is 16.1. The molecule has 1 aromatic carbocycles. The first-order valence-corrected chi connectivity index (χ1v) is 34.2. The lowest BCUT2D eigenvalue weighted by atomic mass is 9.97. The molecule has 0 radical (unpaired) electrons. The molecule has 15 amide bonds. The van der Waals surface area contributed by atoms with Crippen LogP contribution < -0.4 is 85.9 Å². The lowest BCUT2D eigenvalue weighted by Gasteiger charge is -2.28. The van der Waals surface area contributed by atoms with Crippen molar-refractivity contribution in [3.05, 3.63) is 29.8 Å². The van der Waals surface area contributed by atoms with E-state index in [0.717, 1.165) is 20.8 Å². The van der Waals surface area contributed by atoms with Crippen LogP contribution in [0.5, 0.6) is 5.75 Å². The number of nitrogens with one attached hydrogen (secondary N) is 14. The zero-order valence-corrected chi connectivity index (χ0v) is 61.5. The first-order valence-electron chi connectivity index (χ1n) is 34.2. The number of aliphatic hydroxyl groups excluding tert-OH is 2. The van der Waals surface area contributed by atoms with Gasteiger partial charge in [0.2, 0.25) is 88.6 Å². The van der Waals surface area contributed by atoms with E-state index in [1.807, 2.05) is 0 Å². The summed E-state index contributed by atoms with van der Waals surface area (Å²) < 4.78 is 0. The second-order valence-electron chi connectivity index (χ2n) is 27.1. The minimum absolute atomic E-state index is 0.162. The summed E-state index contributed by atoms with van der Waals surface area (Å²) in [5, 5.41) is 91.9. The summed E-state index contributed by atoms with van der Waals surface area (Å²) in [4.78, 5) is 236. The van der Waals surface area contributed by atoms with Crippen LogP contribution in [0, 0.1) is 29.6 Å². The highest BCUT2D eigenvalue weighted by Crippen LogP contribution is 2.15. The fraction of sp³-hybridized carbons (Fsp3) is 0.636. The number of carbonyl (C=O) groups is 18. The summed E-state index contributed by atoms with van der Waals surface area (Å²) in [5.74, 6) is -23.2. The summed E-state index contributed by atoms with van der Waals surface area (Å²) in [6.07, 6.45) is -4.90. The van der Waals surface area contributed by atoms with Gasteiger partial charge in [-0.15, -0.1) is 0 Å². The van der Waals surface area contributed by atoms with Crippen molar-refractivity contribution >= 4 is 107 Å². The van der Waals surface area contributed by atoms with Gasteiger partial charge in [0.05, 0.1) is 51.1 Å². The number of carbonyl (C=O) groups excluding carboxylic acids is 15.